The molecule has 10 heteroatoms. The smallest absolute Gasteiger partial charge is 0.326 e. The highest BCUT2D eigenvalue weighted by molar-refractivity contribution is 5.92. The summed E-state index contributed by atoms with van der Waals surface area (Å²) < 4.78 is 0. The molecule has 1 saturated carbocycles. The normalized spacial score (nSPS) is 21.1. The average Bonchev–Trinajstić information content (AvgIpc) is 2.70. The molecular formula is C20H22N6O4. The zero-order chi connectivity index (χ0) is 21.9. The summed E-state index contributed by atoms with van der Waals surface area (Å²) in [6, 6.07) is 2.67. The zero-order valence-electron chi connectivity index (χ0n) is 16.6. The Balaban J connectivity index is 1.74. The molecule has 30 heavy (non-hydrogen) atoms. The van der Waals surface area contributed by atoms with Crippen molar-refractivity contribution in [2.75, 3.05) is 10.6 Å². The van der Waals surface area contributed by atoms with Gasteiger partial charge in [-0.1, -0.05) is 6.92 Å². The number of hydrogen-bond donors (Lipinski definition) is 4. The Labute approximate surface area is 173 Å². The van der Waals surface area contributed by atoms with E-state index in [1.165, 1.54) is 18.6 Å². The molecule has 10 nitrogen and oxygen atoms in total. The van der Waals surface area contributed by atoms with E-state index >= 15 is 0 Å². The molecule has 0 radical (unpaired) electrons. The summed E-state index contributed by atoms with van der Waals surface area (Å²) in [7, 11) is 0. The molecule has 2 heterocycles. The minimum atomic E-state index is -1.03. The summed E-state index contributed by atoms with van der Waals surface area (Å²) in [6.07, 6.45) is 5.45. The number of amides is 1. The lowest BCUT2D eigenvalue weighted by Crippen LogP contribution is -2.46. The topological polar surface area (TPSA) is 161 Å². The van der Waals surface area contributed by atoms with Crippen molar-refractivity contribution >= 4 is 23.4 Å². The van der Waals surface area contributed by atoms with E-state index < -0.39 is 17.6 Å². The second kappa shape index (κ2) is 8.42. The van der Waals surface area contributed by atoms with E-state index in [9.17, 15) is 25.1 Å². The first-order chi connectivity index (χ1) is 14.2. The van der Waals surface area contributed by atoms with E-state index in [2.05, 4.69) is 25.6 Å². The van der Waals surface area contributed by atoms with Crippen molar-refractivity contribution < 1.29 is 19.8 Å². The third-order valence-corrected chi connectivity index (χ3v) is 4.97. The first-order valence-corrected chi connectivity index (χ1v) is 9.47. The number of aromatic nitrogens is 3. The zero-order valence-corrected chi connectivity index (χ0v) is 16.6. The average molecular weight is 410 g/mol. The number of pyridine rings is 1. The van der Waals surface area contributed by atoms with Crippen LogP contribution < -0.4 is 10.6 Å². The Morgan fingerprint density at radius 1 is 1.30 bits per heavy atom. The first-order valence-electron chi connectivity index (χ1n) is 9.47. The lowest BCUT2D eigenvalue weighted by Gasteiger charge is -2.39. The molecule has 2 aromatic heterocycles. The lowest BCUT2D eigenvalue weighted by molar-refractivity contribution is -0.138. The van der Waals surface area contributed by atoms with Crippen LogP contribution >= 0.6 is 0 Å². The van der Waals surface area contributed by atoms with Crippen molar-refractivity contribution in [3.8, 4) is 17.3 Å². The molecule has 0 spiro atoms. The fraction of sp³-hybridized carbons (Fsp3) is 0.400. The molecule has 1 amide bonds. The van der Waals surface area contributed by atoms with Crippen molar-refractivity contribution in [3.05, 3.63) is 30.4 Å². The fourth-order valence-electron chi connectivity index (χ4n) is 3.29. The third-order valence-electron chi connectivity index (χ3n) is 4.97. The van der Waals surface area contributed by atoms with Crippen molar-refractivity contribution in [2.24, 2.45) is 5.92 Å². The van der Waals surface area contributed by atoms with Crippen LogP contribution in [0.1, 0.15) is 38.8 Å². The molecule has 2 aromatic rings. The Morgan fingerprint density at radius 2 is 2.03 bits per heavy atom. The summed E-state index contributed by atoms with van der Waals surface area (Å²) >= 11 is 0. The van der Waals surface area contributed by atoms with Crippen molar-refractivity contribution in [2.45, 2.75) is 44.8 Å². The number of nitrogens with one attached hydrogen (secondary N) is 2. The van der Waals surface area contributed by atoms with Crippen LogP contribution in [0.3, 0.4) is 0 Å². The molecule has 1 atom stereocenters. The number of carbonyl (C=O) groups is 2. The molecule has 1 aliphatic rings. The van der Waals surface area contributed by atoms with E-state index in [0.717, 1.165) is 0 Å². The minimum Gasteiger partial charge on any atom is -0.480 e. The fourth-order valence-corrected chi connectivity index (χ4v) is 3.29. The molecule has 0 aliphatic heterocycles. The molecule has 4 N–H and O–H groups in total. The van der Waals surface area contributed by atoms with Crippen molar-refractivity contribution in [1.29, 1.82) is 5.26 Å². The second-order valence-corrected chi connectivity index (χ2v) is 7.55. The summed E-state index contributed by atoms with van der Waals surface area (Å²) in [6.45, 7) is 3.41. The first kappa shape index (κ1) is 21.1. The van der Waals surface area contributed by atoms with Gasteiger partial charge in [0, 0.05) is 17.7 Å². The highest BCUT2D eigenvalue weighted by Crippen LogP contribution is 2.37. The van der Waals surface area contributed by atoms with Gasteiger partial charge in [-0.05, 0) is 32.3 Å². The van der Waals surface area contributed by atoms with Gasteiger partial charge in [-0.2, -0.15) is 5.26 Å². The quantitative estimate of drug-likeness (QED) is 0.533. The Kier molecular flexibility index (Phi) is 5.94. The molecule has 3 rings (SSSR count). The van der Waals surface area contributed by atoms with Crippen LogP contribution in [0.25, 0.3) is 11.3 Å². The second-order valence-electron chi connectivity index (χ2n) is 7.55. The number of aliphatic carboxylic acids is 1. The van der Waals surface area contributed by atoms with E-state index in [4.69, 9.17) is 0 Å². The summed E-state index contributed by atoms with van der Waals surface area (Å²) in [4.78, 5) is 36.0. The standard InChI is InChI=1S/C20H22N6O4/c1-3-13(19(28)29)25-14-4-11(8-22-15(14)7-21)16-9-24-17(10-23-16)26-18(27)12-5-20(2,30)6-12/h4,8-10,12-13,25,30H,3,5-6H2,1-2H3,(H,28,29)(H,24,26,27). The summed E-state index contributed by atoms with van der Waals surface area (Å²) in [5, 5.41) is 33.7. The van der Waals surface area contributed by atoms with Gasteiger partial charge in [0.15, 0.2) is 11.5 Å². The van der Waals surface area contributed by atoms with Crippen LogP contribution in [-0.4, -0.2) is 48.7 Å². The van der Waals surface area contributed by atoms with E-state index in [1.54, 1.807) is 19.9 Å². The number of hydrogen-bond acceptors (Lipinski definition) is 8. The van der Waals surface area contributed by atoms with E-state index in [1.807, 2.05) is 6.07 Å². The van der Waals surface area contributed by atoms with E-state index in [0.29, 0.717) is 36.2 Å². The van der Waals surface area contributed by atoms with Crippen LogP contribution in [0.5, 0.6) is 0 Å². The molecule has 1 fully saturated rings. The maximum atomic E-state index is 12.2. The molecule has 1 aliphatic carbocycles. The predicted octanol–water partition coefficient (Wildman–Crippen LogP) is 1.78. The van der Waals surface area contributed by atoms with Gasteiger partial charge in [0.05, 0.1) is 29.4 Å². The van der Waals surface area contributed by atoms with Crippen molar-refractivity contribution in [1.82, 2.24) is 15.0 Å². The molecule has 0 aromatic carbocycles. The SMILES string of the molecule is CCC(Nc1cc(-c2cnc(NC(=O)C3CC(C)(O)C3)cn2)cnc1C#N)C(=O)O. The number of carboxylic acid groups (broad SMARTS) is 1. The molecule has 0 saturated heterocycles. The van der Waals surface area contributed by atoms with Crippen LogP contribution in [0.4, 0.5) is 11.5 Å². The summed E-state index contributed by atoms with van der Waals surface area (Å²) in [5.74, 6) is -1.21. The van der Waals surface area contributed by atoms with Gasteiger partial charge in [-0.3, -0.25) is 9.78 Å². The Morgan fingerprint density at radius 3 is 2.57 bits per heavy atom. The highest BCUT2D eigenvalue weighted by atomic mass is 16.4. The monoisotopic (exact) mass is 410 g/mol. The number of nitriles is 1. The van der Waals surface area contributed by atoms with Crippen molar-refractivity contribution in [3.63, 3.8) is 0 Å². The number of nitrogens with zero attached hydrogens (tertiary/aromatic N) is 4. The molecule has 1 unspecified atom stereocenters. The Bertz CT molecular complexity index is 991. The number of carboxylic acids is 1. The van der Waals surface area contributed by atoms with E-state index in [-0.39, 0.29) is 23.3 Å². The van der Waals surface area contributed by atoms with Crippen LogP contribution in [0.2, 0.25) is 0 Å². The number of anilines is 2. The van der Waals surface area contributed by atoms with Gasteiger partial charge in [-0.25, -0.2) is 14.8 Å². The van der Waals surface area contributed by atoms with Crippen LogP contribution in [0, 0.1) is 17.2 Å². The highest BCUT2D eigenvalue weighted by Gasteiger charge is 2.42. The molecule has 156 valence electrons. The van der Waals surface area contributed by atoms with Gasteiger partial charge in [0.1, 0.15) is 12.1 Å². The van der Waals surface area contributed by atoms with Crippen LogP contribution in [0.15, 0.2) is 24.7 Å². The number of aliphatic hydroxyl groups is 1. The number of rotatable bonds is 7. The van der Waals surface area contributed by atoms with Gasteiger partial charge >= 0.3 is 5.97 Å². The Hall–Kier alpha value is -3.58. The largest absolute Gasteiger partial charge is 0.480 e. The molecular weight excluding hydrogens is 388 g/mol. The van der Waals surface area contributed by atoms with Crippen LogP contribution in [-0.2, 0) is 9.59 Å². The molecule has 0 bridgehead atoms. The predicted molar refractivity (Wildman–Crippen MR) is 107 cm³/mol. The lowest BCUT2D eigenvalue weighted by atomic mass is 9.72. The van der Waals surface area contributed by atoms with Gasteiger partial charge in [0.25, 0.3) is 0 Å². The van der Waals surface area contributed by atoms with Gasteiger partial charge in [-0.15, -0.1) is 0 Å². The third kappa shape index (κ3) is 4.69. The maximum Gasteiger partial charge on any atom is 0.326 e. The van der Waals surface area contributed by atoms with Gasteiger partial charge < -0.3 is 20.8 Å². The maximum absolute atomic E-state index is 12.2. The number of carbonyl (C=O) groups excluding carboxylic acids is 1. The minimum absolute atomic E-state index is 0.0756. The summed E-state index contributed by atoms with van der Waals surface area (Å²) in [5.41, 5.74) is 0.566. The van der Waals surface area contributed by atoms with Gasteiger partial charge in [0.2, 0.25) is 5.91 Å².